The van der Waals surface area contributed by atoms with Gasteiger partial charge in [-0.3, -0.25) is 0 Å². The molecule has 0 radical (unpaired) electrons. The third-order valence-corrected chi connectivity index (χ3v) is 6.16. The maximum absolute atomic E-state index is 11.8. The average molecular weight is 272 g/mol. The lowest BCUT2D eigenvalue weighted by Crippen LogP contribution is -2.46. The minimum Gasteiger partial charge on any atom is -0.232 e. The van der Waals surface area contributed by atoms with Gasteiger partial charge in [0.1, 0.15) is 0 Å². The lowest BCUT2D eigenvalue weighted by molar-refractivity contribution is -0.0216. The highest BCUT2D eigenvalue weighted by Gasteiger charge is 2.47. The summed E-state index contributed by atoms with van der Waals surface area (Å²) < 4.78 is 26.3. The number of hydrogen-bond donors (Lipinski definition) is 1. The molecule has 0 bridgehead atoms. The van der Waals surface area contributed by atoms with Crippen molar-refractivity contribution in [3.05, 3.63) is 10.9 Å². The van der Waals surface area contributed by atoms with Crippen molar-refractivity contribution in [1.29, 1.82) is 0 Å². The Hall–Kier alpha value is -0.460. The molecule has 2 aliphatic rings. The molecular formula is C11H16N2O2S2. The molecular weight excluding hydrogens is 256 g/mol. The molecule has 0 aromatic carbocycles. The van der Waals surface area contributed by atoms with Crippen molar-refractivity contribution in [2.45, 2.75) is 37.1 Å². The van der Waals surface area contributed by atoms with E-state index in [1.165, 1.54) is 43.4 Å². The third-order valence-electron chi connectivity index (χ3n) is 4.10. The van der Waals surface area contributed by atoms with Crippen LogP contribution >= 0.6 is 11.3 Å². The summed E-state index contributed by atoms with van der Waals surface area (Å²) in [7, 11) is -3.36. The maximum atomic E-state index is 11.8. The van der Waals surface area contributed by atoms with E-state index in [-0.39, 0.29) is 5.03 Å². The van der Waals surface area contributed by atoms with Crippen LogP contribution < -0.4 is 4.72 Å². The van der Waals surface area contributed by atoms with Gasteiger partial charge in [-0.1, -0.05) is 6.42 Å². The van der Waals surface area contributed by atoms with Crippen molar-refractivity contribution >= 4 is 21.4 Å². The van der Waals surface area contributed by atoms with Crippen LogP contribution in [0.15, 0.2) is 15.9 Å². The molecule has 6 heteroatoms. The summed E-state index contributed by atoms with van der Waals surface area (Å²) in [4.78, 5) is 3.83. The number of nitrogens with zero attached hydrogens (tertiary/aromatic N) is 1. The van der Waals surface area contributed by atoms with Gasteiger partial charge in [-0.15, -0.1) is 11.3 Å². The van der Waals surface area contributed by atoms with Crippen molar-refractivity contribution in [2.75, 3.05) is 6.54 Å². The van der Waals surface area contributed by atoms with Crippen LogP contribution in [-0.4, -0.2) is 19.9 Å². The molecule has 4 nitrogen and oxygen atoms in total. The van der Waals surface area contributed by atoms with Gasteiger partial charge in [-0.25, -0.2) is 18.1 Å². The molecule has 94 valence electrons. The van der Waals surface area contributed by atoms with Crippen molar-refractivity contribution in [1.82, 2.24) is 9.71 Å². The molecule has 2 saturated carbocycles. The van der Waals surface area contributed by atoms with E-state index in [9.17, 15) is 8.42 Å². The number of nitrogens with one attached hydrogen (secondary N) is 1. The SMILES string of the molecule is O=S(=O)(NCC1CC2(CCC2)C1)c1cscn1. The topological polar surface area (TPSA) is 59.1 Å². The normalized spacial score (nSPS) is 23.3. The Kier molecular flexibility index (Phi) is 2.76. The molecule has 0 unspecified atom stereocenters. The van der Waals surface area contributed by atoms with Crippen molar-refractivity contribution < 1.29 is 8.42 Å². The summed E-state index contributed by atoms with van der Waals surface area (Å²) >= 11 is 1.30. The smallest absolute Gasteiger partial charge is 0.232 e. The first kappa shape index (κ1) is 11.6. The van der Waals surface area contributed by atoms with E-state index in [1.54, 1.807) is 10.9 Å². The lowest BCUT2D eigenvalue weighted by atomic mass is 9.52. The number of rotatable bonds is 4. The fraction of sp³-hybridized carbons (Fsp3) is 0.727. The van der Waals surface area contributed by atoms with Crippen LogP contribution in [0, 0.1) is 11.3 Å². The molecule has 2 aliphatic carbocycles. The Morgan fingerprint density at radius 1 is 1.47 bits per heavy atom. The van der Waals surface area contributed by atoms with E-state index < -0.39 is 10.0 Å². The summed E-state index contributed by atoms with van der Waals surface area (Å²) in [5.74, 6) is 0.531. The zero-order chi connectivity index (χ0) is 11.9. The van der Waals surface area contributed by atoms with Crippen molar-refractivity contribution in [3.63, 3.8) is 0 Å². The Morgan fingerprint density at radius 2 is 2.24 bits per heavy atom. The Bertz CT molecular complexity index is 484. The van der Waals surface area contributed by atoms with Crippen LogP contribution in [0.3, 0.4) is 0 Å². The van der Waals surface area contributed by atoms with Crippen LogP contribution in [0.25, 0.3) is 0 Å². The first-order valence-corrected chi connectivity index (χ1v) is 8.40. The molecule has 1 N–H and O–H groups in total. The van der Waals surface area contributed by atoms with Crippen molar-refractivity contribution in [2.24, 2.45) is 11.3 Å². The molecule has 0 amide bonds. The number of hydrogen-bond acceptors (Lipinski definition) is 4. The monoisotopic (exact) mass is 272 g/mol. The molecule has 0 saturated heterocycles. The average Bonchev–Trinajstić information content (AvgIpc) is 2.65. The van der Waals surface area contributed by atoms with E-state index in [4.69, 9.17) is 0 Å². The third kappa shape index (κ3) is 2.13. The quantitative estimate of drug-likeness (QED) is 0.912. The van der Waals surface area contributed by atoms with Crippen LogP contribution in [0.5, 0.6) is 0 Å². The molecule has 3 rings (SSSR count). The van der Waals surface area contributed by atoms with Gasteiger partial charge >= 0.3 is 0 Å². The second kappa shape index (κ2) is 4.03. The summed E-state index contributed by atoms with van der Waals surface area (Å²) in [5, 5.41) is 1.72. The lowest BCUT2D eigenvalue weighted by Gasteiger charge is -2.54. The molecule has 0 aliphatic heterocycles. The van der Waals surface area contributed by atoms with E-state index >= 15 is 0 Å². The first-order chi connectivity index (χ1) is 8.10. The van der Waals surface area contributed by atoms with E-state index in [0.717, 1.165) is 0 Å². The van der Waals surface area contributed by atoms with Gasteiger partial charge in [-0.2, -0.15) is 0 Å². The van der Waals surface area contributed by atoms with Gasteiger partial charge in [0, 0.05) is 11.9 Å². The number of thiazole rings is 1. The van der Waals surface area contributed by atoms with Gasteiger partial charge in [0.25, 0.3) is 10.0 Å². The minimum absolute atomic E-state index is 0.153. The Labute approximate surface area is 106 Å². The van der Waals surface area contributed by atoms with Gasteiger partial charge in [0.15, 0.2) is 5.03 Å². The van der Waals surface area contributed by atoms with Crippen LogP contribution in [0.4, 0.5) is 0 Å². The van der Waals surface area contributed by atoms with Crippen LogP contribution in [-0.2, 0) is 10.0 Å². The highest BCUT2D eigenvalue weighted by molar-refractivity contribution is 7.89. The van der Waals surface area contributed by atoms with Crippen LogP contribution in [0.2, 0.25) is 0 Å². The largest absolute Gasteiger partial charge is 0.258 e. The molecule has 2 fully saturated rings. The van der Waals surface area contributed by atoms with Gasteiger partial charge in [0.05, 0.1) is 5.51 Å². The molecule has 17 heavy (non-hydrogen) atoms. The van der Waals surface area contributed by atoms with E-state index in [1.807, 2.05) is 0 Å². The number of sulfonamides is 1. The van der Waals surface area contributed by atoms with Gasteiger partial charge < -0.3 is 0 Å². The zero-order valence-corrected chi connectivity index (χ0v) is 11.2. The molecule has 1 aromatic rings. The number of aromatic nitrogens is 1. The predicted octanol–water partition coefficient (Wildman–Crippen LogP) is 2.00. The summed E-state index contributed by atoms with van der Waals surface area (Å²) in [5.41, 5.74) is 2.15. The molecule has 1 aromatic heterocycles. The second-order valence-corrected chi connectivity index (χ2v) is 7.74. The summed E-state index contributed by atoms with van der Waals surface area (Å²) in [6, 6.07) is 0. The second-order valence-electron chi connectivity index (χ2n) is 5.31. The Morgan fingerprint density at radius 3 is 2.76 bits per heavy atom. The zero-order valence-electron chi connectivity index (χ0n) is 9.55. The van der Waals surface area contributed by atoms with Gasteiger partial charge in [-0.05, 0) is 37.0 Å². The minimum atomic E-state index is -3.36. The van der Waals surface area contributed by atoms with Crippen LogP contribution in [0.1, 0.15) is 32.1 Å². The standard InChI is InChI=1S/C11H16N2O2S2/c14-17(15,10-7-16-8-12-10)13-6-9-4-11(5-9)2-1-3-11/h7-9,13H,1-6H2. The van der Waals surface area contributed by atoms with Crippen molar-refractivity contribution in [3.8, 4) is 0 Å². The maximum Gasteiger partial charge on any atom is 0.258 e. The fourth-order valence-corrected chi connectivity index (χ4v) is 4.98. The summed E-state index contributed by atoms with van der Waals surface area (Å²) in [6.07, 6.45) is 6.46. The summed E-state index contributed by atoms with van der Waals surface area (Å²) in [6.45, 7) is 0.571. The first-order valence-electron chi connectivity index (χ1n) is 5.98. The van der Waals surface area contributed by atoms with Gasteiger partial charge in [0.2, 0.25) is 0 Å². The molecule has 0 atom stereocenters. The van der Waals surface area contributed by atoms with E-state index in [0.29, 0.717) is 17.9 Å². The predicted molar refractivity (Wildman–Crippen MR) is 66.3 cm³/mol. The molecule has 1 heterocycles. The molecule has 1 spiro atoms. The van der Waals surface area contributed by atoms with E-state index in [2.05, 4.69) is 9.71 Å². The fourth-order valence-electron chi connectivity index (χ4n) is 3.03. The Balaban J connectivity index is 1.52. The highest BCUT2D eigenvalue weighted by Crippen LogP contribution is 2.58. The highest BCUT2D eigenvalue weighted by atomic mass is 32.2.